The van der Waals surface area contributed by atoms with Gasteiger partial charge in [0.25, 0.3) is 0 Å². The Morgan fingerprint density at radius 1 is 1.27 bits per heavy atom. The average molecular weight is 372 g/mol. The third-order valence-corrected chi connectivity index (χ3v) is 4.67. The normalized spacial score (nSPS) is 17.1. The molecule has 136 valence electrons. The zero-order chi connectivity index (χ0) is 18.7. The number of pyridine rings is 1. The summed E-state index contributed by atoms with van der Waals surface area (Å²) >= 11 is 0. The Bertz CT molecular complexity index is 925. The lowest BCUT2D eigenvalue weighted by Gasteiger charge is -2.21. The Morgan fingerprint density at radius 2 is 2.00 bits per heavy atom. The highest BCUT2D eigenvalue weighted by molar-refractivity contribution is 7.92. The maximum atomic E-state index is 12.3. The van der Waals surface area contributed by atoms with Crippen LogP contribution in [0, 0.1) is 0 Å². The van der Waals surface area contributed by atoms with Gasteiger partial charge >= 0.3 is 0 Å². The van der Waals surface area contributed by atoms with Crippen molar-refractivity contribution in [3.63, 3.8) is 0 Å². The molecule has 0 unspecified atom stereocenters. The summed E-state index contributed by atoms with van der Waals surface area (Å²) in [4.78, 5) is 16.4. The Kier molecular flexibility index (Phi) is 5.03. The first-order valence-corrected chi connectivity index (χ1v) is 10.1. The van der Waals surface area contributed by atoms with Crippen LogP contribution in [0.15, 0.2) is 53.9 Å². The van der Waals surface area contributed by atoms with Gasteiger partial charge in [-0.2, -0.15) is 5.10 Å². The van der Waals surface area contributed by atoms with E-state index in [4.69, 9.17) is 0 Å². The van der Waals surface area contributed by atoms with E-state index in [0.717, 1.165) is 23.1 Å². The van der Waals surface area contributed by atoms with Crippen LogP contribution in [0.5, 0.6) is 0 Å². The molecule has 8 heteroatoms. The summed E-state index contributed by atoms with van der Waals surface area (Å²) in [6.45, 7) is 1.81. The lowest BCUT2D eigenvalue weighted by Crippen LogP contribution is -2.26. The zero-order valence-electron chi connectivity index (χ0n) is 14.6. The van der Waals surface area contributed by atoms with Crippen LogP contribution >= 0.6 is 0 Å². The van der Waals surface area contributed by atoms with Gasteiger partial charge in [-0.3, -0.25) is 14.5 Å². The van der Waals surface area contributed by atoms with Crippen LogP contribution < -0.4 is 4.72 Å². The number of carbonyl (C=O) groups is 1. The van der Waals surface area contributed by atoms with Crippen molar-refractivity contribution in [2.24, 2.45) is 5.10 Å². The molecular formula is C18H20N4O3S. The molecule has 1 atom stereocenters. The van der Waals surface area contributed by atoms with Crippen molar-refractivity contribution in [1.29, 1.82) is 0 Å². The number of hydrogen-bond acceptors (Lipinski definition) is 5. The number of hydrogen-bond donors (Lipinski definition) is 1. The van der Waals surface area contributed by atoms with Crippen molar-refractivity contribution < 1.29 is 13.2 Å². The molecule has 1 aromatic carbocycles. The lowest BCUT2D eigenvalue weighted by atomic mass is 9.99. The Morgan fingerprint density at radius 3 is 2.58 bits per heavy atom. The molecule has 3 rings (SSSR count). The van der Waals surface area contributed by atoms with Crippen LogP contribution in [0.1, 0.15) is 36.9 Å². The van der Waals surface area contributed by atoms with E-state index in [1.165, 1.54) is 5.01 Å². The first kappa shape index (κ1) is 18.1. The van der Waals surface area contributed by atoms with Gasteiger partial charge in [0.1, 0.15) is 0 Å². The Hall–Kier alpha value is -2.74. The number of amides is 1. The molecule has 1 aliphatic rings. The van der Waals surface area contributed by atoms with Gasteiger partial charge in [-0.05, 0) is 29.3 Å². The molecule has 0 bridgehead atoms. The predicted molar refractivity (Wildman–Crippen MR) is 100 cm³/mol. The third kappa shape index (κ3) is 4.08. The first-order valence-electron chi connectivity index (χ1n) is 8.25. The van der Waals surface area contributed by atoms with E-state index in [9.17, 15) is 13.2 Å². The SMILES string of the molecule is CCC(=O)N1N=C(c2ccc(NS(C)(=O)=O)cc2)C[C@@H]1c1cccnc1. The third-order valence-electron chi connectivity index (χ3n) is 4.06. The summed E-state index contributed by atoms with van der Waals surface area (Å²) in [6, 6.07) is 10.6. The topological polar surface area (TPSA) is 91.7 Å². The lowest BCUT2D eigenvalue weighted by molar-refractivity contribution is -0.132. The van der Waals surface area contributed by atoms with Crippen LogP contribution in [-0.4, -0.2) is 36.3 Å². The molecule has 1 aliphatic heterocycles. The number of nitrogens with zero attached hydrogens (tertiary/aromatic N) is 3. The van der Waals surface area contributed by atoms with Gasteiger partial charge in [0.15, 0.2) is 0 Å². The number of nitrogens with one attached hydrogen (secondary N) is 1. The highest BCUT2D eigenvalue weighted by atomic mass is 32.2. The van der Waals surface area contributed by atoms with Gasteiger partial charge in [0.2, 0.25) is 15.9 Å². The predicted octanol–water partition coefficient (Wildman–Crippen LogP) is 2.54. The van der Waals surface area contributed by atoms with Crippen LogP contribution in [0.25, 0.3) is 0 Å². The maximum absolute atomic E-state index is 12.3. The molecule has 0 radical (unpaired) electrons. The molecule has 2 aromatic rings. The Balaban J connectivity index is 1.87. The van der Waals surface area contributed by atoms with E-state index in [-0.39, 0.29) is 11.9 Å². The monoisotopic (exact) mass is 372 g/mol. The van der Waals surface area contributed by atoms with E-state index in [1.54, 1.807) is 36.7 Å². The Labute approximate surface area is 152 Å². The number of anilines is 1. The molecule has 1 aromatic heterocycles. The molecule has 0 saturated heterocycles. The second kappa shape index (κ2) is 7.25. The van der Waals surface area contributed by atoms with Crippen LogP contribution in [-0.2, 0) is 14.8 Å². The summed E-state index contributed by atoms with van der Waals surface area (Å²) in [6.07, 6.45) is 5.49. The number of sulfonamides is 1. The first-order chi connectivity index (χ1) is 12.4. The number of rotatable bonds is 5. The molecule has 0 spiro atoms. The van der Waals surface area contributed by atoms with E-state index in [0.29, 0.717) is 18.5 Å². The van der Waals surface area contributed by atoms with E-state index in [2.05, 4.69) is 14.8 Å². The van der Waals surface area contributed by atoms with Crippen molar-refractivity contribution in [3.05, 3.63) is 59.9 Å². The standard InChI is InChI=1S/C18H20N4O3S/c1-3-18(23)22-17(14-5-4-10-19-12-14)11-16(20-22)13-6-8-15(9-7-13)21-26(2,24)25/h4-10,12,17,21H,3,11H2,1-2H3/t17-/m1/s1. The minimum Gasteiger partial charge on any atom is -0.284 e. The number of carbonyl (C=O) groups excluding carboxylic acids is 1. The van der Waals surface area contributed by atoms with Gasteiger partial charge in [-0.25, -0.2) is 13.4 Å². The molecule has 26 heavy (non-hydrogen) atoms. The van der Waals surface area contributed by atoms with Gasteiger partial charge in [-0.15, -0.1) is 0 Å². The molecule has 0 saturated carbocycles. The maximum Gasteiger partial charge on any atom is 0.242 e. The minimum absolute atomic E-state index is 0.0517. The zero-order valence-corrected chi connectivity index (χ0v) is 15.4. The quantitative estimate of drug-likeness (QED) is 0.873. The highest BCUT2D eigenvalue weighted by Crippen LogP contribution is 2.33. The van der Waals surface area contributed by atoms with Crippen molar-refractivity contribution in [1.82, 2.24) is 9.99 Å². The smallest absolute Gasteiger partial charge is 0.242 e. The summed E-state index contributed by atoms with van der Waals surface area (Å²) in [5.41, 5.74) is 3.06. The van der Waals surface area contributed by atoms with E-state index >= 15 is 0 Å². The molecule has 1 amide bonds. The summed E-state index contributed by atoms with van der Waals surface area (Å²) < 4.78 is 25.0. The van der Waals surface area contributed by atoms with Gasteiger partial charge in [-0.1, -0.05) is 25.1 Å². The minimum atomic E-state index is -3.32. The second-order valence-corrected chi connectivity index (χ2v) is 7.84. The number of benzene rings is 1. The van der Waals surface area contributed by atoms with Crippen molar-refractivity contribution in [2.75, 3.05) is 11.0 Å². The second-order valence-electron chi connectivity index (χ2n) is 6.10. The van der Waals surface area contributed by atoms with Crippen LogP contribution in [0.4, 0.5) is 5.69 Å². The van der Waals surface area contributed by atoms with Gasteiger partial charge in [0.05, 0.1) is 18.0 Å². The van der Waals surface area contributed by atoms with Gasteiger partial charge in [0, 0.05) is 30.9 Å². The number of hydrazone groups is 1. The molecule has 1 N–H and O–H groups in total. The van der Waals surface area contributed by atoms with Crippen molar-refractivity contribution in [3.8, 4) is 0 Å². The molecule has 0 aliphatic carbocycles. The highest BCUT2D eigenvalue weighted by Gasteiger charge is 2.32. The van der Waals surface area contributed by atoms with Crippen LogP contribution in [0.3, 0.4) is 0 Å². The van der Waals surface area contributed by atoms with E-state index in [1.807, 2.05) is 19.1 Å². The molecular weight excluding hydrogens is 352 g/mol. The van der Waals surface area contributed by atoms with E-state index < -0.39 is 10.0 Å². The molecule has 7 nitrogen and oxygen atoms in total. The molecule has 0 fully saturated rings. The fourth-order valence-electron chi connectivity index (χ4n) is 2.85. The summed E-state index contributed by atoms with van der Waals surface area (Å²) in [7, 11) is -3.32. The number of aromatic nitrogens is 1. The molecule has 2 heterocycles. The van der Waals surface area contributed by atoms with Crippen molar-refractivity contribution in [2.45, 2.75) is 25.8 Å². The summed E-state index contributed by atoms with van der Waals surface area (Å²) in [5, 5.41) is 6.05. The fraction of sp³-hybridized carbons (Fsp3) is 0.278. The fourth-order valence-corrected chi connectivity index (χ4v) is 3.42. The largest absolute Gasteiger partial charge is 0.284 e. The average Bonchev–Trinajstić information content (AvgIpc) is 3.06. The summed E-state index contributed by atoms with van der Waals surface area (Å²) in [5.74, 6) is -0.0517. The van der Waals surface area contributed by atoms with Gasteiger partial charge < -0.3 is 0 Å². The van der Waals surface area contributed by atoms with Crippen LogP contribution in [0.2, 0.25) is 0 Å². The van der Waals surface area contributed by atoms with Crippen molar-refractivity contribution >= 4 is 27.3 Å².